The maximum absolute atomic E-state index is 12.3. The van der Waals surface area contributed by atoms with Crippen LogP contribution in [0.2, 0.25) is 0 Å². The Bertz CT molecular complexity index is 590. The number of aliphatic carboxylic acids is 1. The molecule has 1 amide bonds. The molecule has 1 rings (SSSR count). The molecule has 0 radical (unpaired) electrons. The first-order valence-electron chi connectivity index (χ1n) is 8.30. The predicted molar refractivity (Wildman–Crippen MR) is 93.0 cm³/mol. The van der Waals surface area contributed by atoms with Crippen LogP contribution >= 0.6 is 0 Å². The van der Waals surface area contributed by atoms with E-state index in [2.05, 4.69) is 5.32 Å². The van der Waals surface area contributed by atoms with Crippen molar-refractivity contribution in [3.8, 4) is 0 Å². The van der Waals surface area contributed by atoms with Crippen LogP contribution in [0.1, 0.15) is 62.9 Å². The van der Waals surface area contributed by atoms with E-state index >= 15 is 0 Å². The molecule has 0 aliphatic carbocycles. The van der Waals surface area contributed by atoms with Crippen LogP contribution in [0.15, 0.2) is 24.3 Å². The number of Topliss-reactive ketones (excluding diaryl/α,β-unsaturated/α-hetero) is 1. The lowest BCUT2D eigenvalue weighted by molar-refractivity contribution is -0.142. The van der Waals surface area contributed by atoms with Gasteiger partial charge in [0.1, 0.15) is 6.04 Å². The van der Waals surface area contributed by atoms with E-state index in [1.807, 2.05) is 27.7 Å². The van der Waals surface area contributed by atoms with Crippen LogP contribution in [0.25, 0.3) is 0 Å². The van der Waals surface area contributed by atoms with Gasteiger partial charge in [0.15, 0.2) is 5.78 Å². The standard InChI is InChI=1S/C19H27NO4/c1-11(2)10-16(19(23)24)20-18(22)13(5)14-6-8-15(9-7-14)17(21)12(3)4/h6-9,11-13,16H,10H2,1-5H3,(H,20,22)(H,23,24)/t13?,16-/m0/s1. The first-order valence-corrected chi connectivity index (χ1v) is 8.30. The molecule has 132 valence electrons. The molecule has 0 heterocycles. The minimum Gasteiger partial charge on any atom is -0.480 e. The van der Waals surface area contributed by atoms with Gasteiger partial charge in [-0.15, -0.1) is 0 Å². The van der Waals surface area contributed by atoms with Gasteiger partial charge in [-0.05, 0) is 24.8 Å². The Labute approximate surface area is 143 Å². The van der Waals surface area contributed by atoms with Crippen molar-refractivity contribution in [3.63, 3.8) is 0 Å². The molecule has 2 N–H and O–H groups in total. The number of benzene rings is 1. The van der Waals surface area contributed by atoms with E-state index in [9.17, 15) is 19.5 Å². The van der Waals surface area contributed by atoms with Gasteiger partial charge in [-0.3, -0.25) is 9.59 Å². The third-order valence-corrected chi connectivity index (χ3v) is 3.93. The van der Waals surface area contributed by atoms with Crippen LogP contribution in [-0.4, -0.2) is 28.8 Å². The Balaban J connectivity index is 2.81. The smallest absolute Gasteiger partial charge is 0.326 e. The van der Waals surface area contributed by atoms with Crippen LogP contribution in [0, 0.1) is 11.8 Å². The second-order valence-corrected chi connectivity index (χ2v) is 6.89. The monoisotopic (exact) mass is 333 g/mol. The minimum atomic E-state index is -1.03. The van der Waals surface area contributed by atoms with Crippen LogP contribution in [-0.2, 0) is 9.59 Å². The molecule has 24 heavy (non-hydrogen) atoms. The van der Waals surface area contributed by atoms with Crippen molar-refractivity contribution < 1.29 is 19.5 Å². The second-order valence-electron chi connectivity index (χ2n) is 6.89. The highest BCUT2D eigenvalue weighted by Gasteiger charge is 2.24. The number of carboxylic acids is 1. The van der Waals surface area contributed by atoms with E-state index in [-0.39, 0.29) is 23.5 Å². The molecular weight excluding hydrogens is 306 g/mol. The first-order chi connectivity index (χ1) is 11.1. The van der Waals surface area contributed by atoms with Crippen LogP contribution in [0.3, 0.4) is 0 Å². The molecule has 0 aromatic heterocycles. The zero-order chi connectivity index (χ0) is 18.4. The summed E-state index contributed by atoms with van der Waals surface area (Å²) < 4.78 is 0. The van der Waals surface area contributed by atoms with E-state index in [1.165, 1.54) is 0 Å². The lowest BCUT2D eigenvalue weighted by atomic mass is 9.95. The highest BCUT2D eigenvalue weighted by Crippen LogP contribution is 2.18. The Morgan fingerprint density at radius 1 is 1.00 bits per heavy atom. The van der Waals surface area contributed by atoms with Crippen LogP contribution in [0.5, 0.6) is 0 Å². The topological polar surface area (TPSA) is 83.5 Å². The summed E-state index contributed by atoms with van der Waals surface area (Å²) in [6, 6.07) is 6.03. The lowest BCUT2D eigenvalue weighted by Crippen LogP contribution is -2.43. The fourth-order valence-electron chi connectivity index (χ4n) is 2.41. The summed E-state index contributed by atoms with van der Waals surface area (Å²) in [7, 11) is 0. The molecule has 5 nitrogen and oxygen atoms in total. The average Bonchev–Trinajstić information content (AvgIpc) is 2.52. The van der Waals surface area contributed by atoms with Gasteiger partial charge >= 0.3 is 5.97 Å². The molecule has 0 spiro atoms. The fraction of sp³-hybridized carbons (Fsp3) is 0.526. The molecule has 0 fully saturated rings. The normalized spacial score (nSPS) is 13.6. The van der Waals surface area contributed by atoms with Gasteiger partial charge < -0.3 is 10.4 Å². The molecule has 0 saturated heterocycles. The molecule has 1 unspecified atom stereocenters. The highest BCUT2D eigenvalue weighted by molar-refractivity contribution is 5.97. The molecule has 0 saturated carbocycles. The zero-order valence-corrected chi connectivity index (χ0v) is 15.0. The number of nitrogens with one attached hydrogen (secondary N) is 1. The average molecular weight is 333 g/mol. The van der Waals surface area contributed by atoms with Gasteiger partial charge in [0, 0.05) is 11.5 Å². The molecular formula is C19H27NO4. The van der Waals surface area contributed by atoms with E-state index in [1.54, 1.807) is 31.2 Å². The largest absolute Gasteiger partial charge is 0.480 e. The van der Waals surface area contributed by atoms with Crippen LogP contribution in [0.4, 0.5) is 0 Å². The van der Waals surface area contributed by atoms with Gasteiger partial charge in [-0.2, -0.15) is 0 Å². The summed E-state index contributed by atoms with van der Waals surface area (Å²) in [6.45, 7) is 9.23. The SMILES string of the molecule is CC(C)C[C@H](NC(=O)C(C)c1ccc(C(=O)C(C)C)cc1)C(=O)O. The molecule has 0 aliphatic rings. The van der Waals surface area contributed by atoms with E-state index < -0.39 is 17.9 Å². The van der Waals surface area contributed by atoms with Crippen molar-refractivity contribution >= 4 is 17.7 Å². The molecule has 5 heteroatoms. The number of amides is 1. The van der Waals surface area contributed by atoms with Crippen molar-refractivity contribution in [1.29, 1.82) is 0 Å². The Morgan fingerprint density at radius 2 is 1.54 bits per heavy atom. The molecule has 2 atom stereocenters. The highest BCUT2D eigenvalue weighted by atomic mass is 16.4. The van der Waals surface area contributed by atoms with E-state index in [0.29, 0.717) is 12.0 Å². The number of hydrogen-bond donors (Lipinski definition) is 2. The van der Waals surface area contributed by atoms with Gasteiger partial charge in [0.2, 0.25) is 5.91 Å². The first kappa shape index (κ1) is 19.9. The number of hydrogen-bond acceptors (Lipinski definition) is 3. The molecule has 1 aromatic rings. The Hall–Kier alpha value is -2.17. The number of carbonyl (C=O) groups excluding carboxylic acids is 2. The summed E-state index contributed by atoms with van der Waals surface area (Å²) in [6.07, 6.45) is 0.385. The van der Waals surface area contributed by atoms with Crippen molar-refractivity contribution in [2.24, 2.45) is 11.8 Å². The van der Waals surface area contributed by atoms with Gasteiger partial charge in [-0.25, -0.2) is 4.79 Å². The molecule has 0 aliphatic heterocycles. The zero-order valence-electron chi connectivity index (χ0n) is 15.0. The second kappa shape index (κ2) is 8.62. The number of rotatable bonds is 8. The summed E-state index contributed by atoms with van der Waals surface area (Å²) >= 11 is 0. The summed E-state index contributed by atoms with van der Waals surface area (Å²) in [4.78, 5) is 35.5. The van der Waals surface area contributed by atoms with Gasteiger partial charge in [-0.1, -0.05) is 52.0 Å². The predicted octanol–water partition coefficient (Wildman–Crippen LogP) is 3.24. The third-order valence-electron chi connectivity index (χ3n) is 3.93. The summed E-state index contributed by atoms with van der Waals surface area (Å²) in [5.41, 5.74) is 1.37. The van der Waals surface area contributed by atoms with Gasteiger partial charge in [0.05, 0.1) is 5.92 Å². The summed E-state index contributed by atoms with van der Waals surface area (Å²) in [5, 5.41) is 11.8. The molecule has 0 bridgehead atoms. The number of carboxylic acid groups (broad SMARTS) is 1. The van der Waals surface area contributed by atoms with E-state index in [4.69, 9.17) is 0 Å². The van der Waals surface area contributed by atoms with Crippen molar-refractivity contribution in [2.45, 2.75) is 53.0 Å². The minimum absolute atomic E-state index is 0.0570. The quantitative estimate of drug-likeness (QED) is 0.715. The van der Waals surface area contributed by atoms with Crippen molar-refractivity contribution in [3.05, 3.63) is 35.4 Å². The molecule has 1 aromatic carbocycles. The Morgan fingerprint density at radius 3 is 1.96 bits per heavy atom. The fourth-order valence-corrected chi connectivity index (χ4v) is 2.41. The Kier molecular flexibility index (Phi) is 7.14. The van der Waals surface area contributed by atoms with Crippen molar-refractivity contribution in [2.75, 3.05) is 0 Å². The van der Waals surface area contributed by atoms with Crippen molar-refractivity contribution in [1.82, 2.24) is 5.32 Å². The third kappa shape index (κ3) is 5.48. The number of carbonyl (C=O) groups is 3. The maximum Gasteiger partial charge on any atom is 0.326 e. The number of ketones is 1. The lowest BCUT2D eigenvalue weighted by Gasteiger charge is -2.19. The summed E-state index contributed by atoms with van der Waals surface area (Å²) in [5.74, 6) is -1.69. The van der Waals surface area contributed by atoms with E-state index in [0.717, 1.165) is 5.56 Å². The maximum atomic E-state index is 12.3. The van der Waals surface area contributed by atoms with Crippen LogP contribution < -0.4 is 5.32 Å². The van der Waals surface area contributed by atoms with Gasteiger partial charge in [0.25, 0.3) is 0 Å².